The number of amides is 1. The van der Waals surface area contributed by atoms with E-state index in [2.05, 4.69) is 10.3 Å². The highest BCUT2D eigenvalue weighted by molar-refractivity contribution is 6.17. The largest absolute Gasteiger partial charge is 0.497 e. The van der Waals surface area contributed by atoms with Crippen LogP contribution in [0.2, 0.25) is 0 Å². The Kier molecular flexibility index (Phi) is 6.11. The average molecular weight is 547 g/mol. The number of methoxy groups -OCH3 is 1. The number of aryl methyl sites for hydroxylation is 1. The lowest BCUT2D eigenvalue weighted by Crippen LogP contribution is -2.18. The molecule has 0 bridgehead atoms. The third-order valence-electron chi connectivity index (χ3n) is 7.43. The lowest BCUT2D eigenvalue weighted by Gasteiger charge is -2.19. The minimum absolute atomic E-state index is 0.208. The molecule has 0 saturated heterocycles. The Morgan fingerprint density at radius 1 is 0.927 bits per heavy atom. The van der Waals surface area contributed by atoms with Crippen LogP contribution in [0.25, 0.3) is 22.2 Å². The number of nitrogens with zero attached hydrogens (tertiary/aromatic N) is 3. The van der Waals surface area contributed by atoms with Gasteiger partial charge in [0.15, 0.2) is 17.3 Å². The van der Waals surface area contributed by atoms with E-state index >= 15 is 0 Å². The summed E-state index contributed by atoms with van der Waals surface area (Å²) in [5.74, 6) is 2.45. The molecule has 1 amide bonds. The second-order valence-corrected chi connectivity index (χ2v) is 9.92. The van der Waals surface area contributed by atoms with Crippen molar-refractivity contribution in [3.63, 3.8) is 0 Å². The number of fused-ring (bicyclic) bond motifs is 3. The zero-order valence-electron chi connectivity index (χ0n) is 22.3. The number of carbonyl (C=O) groups excluding carboxylic acids is 2. The molecular weight excluding hydrogens is 520 g/mol. The molecular formula is C32H26N4O5. The number of carbonyl (C=O) groups is 2. The van der Waals surface area contributed by atoms with Gasteiger partial charge in [-0.25, -0.2) is 9.97 Å². The van der Waals surface area contributed by atoms with Crippen molar-refractivity contribution in [1.29, 1.82) is 0 Å². The van der Waals surface area contributed by atoms with Gasteiger partial charge in [0.05, 0.1) is 23.9 Å². The lowest BCUT2D eigenvalue weighted by atomic mass is 10.0. The maximum absolute atomic E-state index is 13.9. The molecule has 41 heavy (non-hydrogen) atoms. The molecule has 2 aromatic heterocycles. The standard InChI is InChI=1S/C32H26N4O5/c1-39-21-11-8-19(9-12-21)30(37)29-31(34-28-7-4-14-36(28)29)35-32(38)23-18-25(33-24-6-3-2-5-22(23)24)20-10-13-26-27(17-20)41-16-15-40-26/h2-3,5-6,8-13,17-18H,4,7,14-16H2,1H3,(H,35,38). The number of hydrogen-bond acceptors (Lipinski definition) is 7. The van der Waals surface area contributed by atoms with Crippen LogP contribution in [0.3, 0.4) is 0 Å². The van der Waals surface area contributed by atoms with E-state index in [4.69, 9.17) is 19.2 Å². The minimum atomic E-state index is -0.372. The predicted molar refractivity (Wildman–Crippen MR) is 153 cm³/mol. The molecule has 3 aromatic carbocycles. The van der Waals surface area contributed by atoms with Gasteiger partial charge in [-0.05, 0) is 61.0 Å². The Bertz CT molecular complexity index is 1830. The van der Waals surface area contributed by atoms with Gasteiger partial charge in [-0.3, -0.25) is 9.59 Å². The third kappa shape index (κ3) is 4.45. The molecule has 9 nitrogen and oxygen atoms in total. The van der Waals surface area contributed by atoms with Crippen molar-refractivity contribution >= 4 is 28.4 Å². The van der Waals surface area contributed by atoms with Gasteiger partial charge in [-0.2, -0.15) is 0 Å². The molecule has 0 atom stereocenters. The van der Waals surface area contributed by atoms with Crippen LogP contribution in [-0.4, -0.2) is 46.5 Å². The number of benzene rings is 3. The maximum Gasteiger partial charge on any atom is 0.257 e. The number of aromatic nitrogens is 3. The van der Waals surface area contributed by atoms with Crippen LogP contribution in [0, 0.1) is 0 Å². The monoisotopic (exact) mass is 546 g/mol. The van der Waals surface area contributed by atoms with Crippen molar-refractivity contribution in [2.75, 3.05) is 25.6 Å². The zero-order chi connectivity index (χ0) is 27.9. The molecule has 0 unspecified atom stereocenters. The first-order chi connectivity index (χ1) is 20.1. The van der Waals surface area contributed by atoms with E-state index in [0.717, 1.165) is 24.2 Å². The topological polar surface area (TPSA) is 105 Å². The van der Waals surface area contributed by atoms with Crippen LogP contribution in [-0.2, 0) is 13.0 Å². The molecule has 1 N–H and O–H groups in total. The van der Waals surface area contributed by atoms with Crippen molar-refractivity contribution in [3.8, 4) is 28.5 Å². The van der Waals surface area contributed by atoms with Crippen LogP contribution in [0.4, 0.5) is 5.82 Å². The van der Waals surface area contributed by atoms with Crippen molar-refractivity contribution in [2.24, 2.45) is 0 Å². The van der Waals surface area contributed by atoms with Crippen LogP contribution in [0.5, 0.6) is 17.2 Å². The molecule has 2 aliphatic heterocycles. The molecule has 204 valence electrons. The quantitative estimate of drug-likeness (QED) is 0.288. The van der Waals surface area contributed by atoms with Gasteiger partial charge < -0.3 is 24.1 Å². The lowest BCUT2D eigenvalue weighted by molar-refractivity contribution is 0.102. The Balaban J connectivity index is 1.27. The molecule has 0 spiro atoms. The van der Waals surface area contributed by atoms with E-state index in [-0.39, 0.29) is 17.5 Å². The Morgan fingerprint density at radius 2 is 1.73 bits per heavy atom. The second-order valence-electron chi connectivity index (χ2n) is 9.92. The van der Waals surface area contributed by atoms with Crippen molar-refractivity contribution in [3.05, 3.63) is 95.4 Å². The van der Waals surface area contributed by atoms with Gasteiger partial charge in [0, 0.05) is 29.5 Å². The molecule has 2 aliphatic rings. The van der Waals surface area contributed by atoms with Crippen molar-refractivity contribution in [2.45, 2.75) is 19.4 Å². The van der Waals surface area contributed by atoms with Gasteiger partial charge >= 0.3 is 0 Å². The van der Waals surface area contributed by atoms with Gasteiger partial charge in [0.25, 0.3) is 5.91 Å². The molecule has 7 rings (SSSR count). The number of ether oxygens (including phenoxy) is 3. The summed E-state index contributed by atoms with van der Waals surface area (Å²) >= 11 is 0. The van der Waals surface area contributed by atoms with E-state index in [1.807, 2.05) is 47.0 Å². The molecule has 5 aromatic rings. The number of hydrogen-bond donors (Lipinski definition) is 1. The van der Waals surface area contributed by atoms with Gasteiger partial charge in [-0.15, -0.1) is 0 Å². The second kappa shape index (κ2) is 10.1. The fourth-order valence-corrected chi connectivity index (χ4v) is 5.41. The highest BCUT2D eigenvalue weighted by Crippen LogP contribution is 2.35. The fraction of sp³-hybridized carbons (Fsp3) is 0.188. The van der Waals surface area contributed by atoms with E-state index in [0.29, 0.717) is 70.4 Å². The molecule has 9 heteroatoms. The van der Waals surface area contributed by atoms with Crippen LogP contribution >= 0.6 is 0 Å². The predicted octanol–water partition coefficient (Wildman–Crippen LogP) is 5.31. The summed E-state index contributed by atoms with van der Waals surface area (Å²) < 4.78 is 18.6. The summed E-state index contributed by atoms with van der Waals surface area (Å²) in [5, 5.41) is 3.66. The Morgan fingerprint density at radius 3 is 2.56 bits per heavy atom. The summed E-state index contributed by atoms with van der Waals surface area (Å²) in [7, 11) is 1.58. The van der Waals surface area contributed by atoms with E-state index in [1.165, 1.54) is 0 Å². The van der Waals surface area contributed by atoms with Crippen molar-refractivity contribution in [1.82, 2.24) is 14.5 Å². The number of imidazole rings is 1. The van der Waals surface area contributed by atoms with Gasteiger partial charge in [0.1, 0.15) is 30.5 Å². The van der Waals surface area contributed by atoms with Crippen molar-refractivity contribution < 1.29 is 23.8 Å². The molecule has 0 fully saturated rings. The summed E-state index contributed by atoms with van der Waals surface area (Å²) in [6.07, 6.45) is 1.64. The minimum Gasteiger partial charge on any atom is -0.497 e. The summed E-state index contributed by atoms with van der Waals surface area (Å²) in [6.45, 7) is 1.65. The third-order valence-corrected chi connectivity index (χ3v) is 7.43. The summed E-state index contributed by atoms with van der Waals surface area (Å²) in [4.78, 5) is 37.1. The molecule has 0 saturated carbocycles. The fourth-order valence-electron chi connectivity index (χ4n) is 5.41. The maximum atomic E-state index is 13.9. The number of nitrogens with one attached hydrogen (secondary N) is 1. The van der Waals surface area contributed by atoms with Crippen LogP contribution in [0.1, 0.15) is 38.7 Å². The number of pyridine rings is 1. The van der Waals surface area contributed by atoms with E-state index in [1.54, 1.807) is 37.4 Å². The SMILES string of the molecule is COc1ccc(C(=O)c2c(NC(=O)c3cc(-c4ccc5c(c4)OCCO5)nc4ccccc34)nc3n2CCC3)cc1. The Labute approximate surface area is 235 Å². The van der Waals surface area contributed by atoms with Crippen LogP contribution in [0.15, 0.2) is 72.8 Å². The smallest absolute Gasteiger partial charge is 0.257 e. The number of para-hydroxylation sites is 1. The molecule has 4 heterocycles. The first kappa shape index (κ1) is 24.8. The molecule has 0 radical (unpaired) electrons. The number of rotatable bonds is 6. The zero-order valence-corrected chi connectivity index (χ0v) is 22.3. The first-order valence-electron chi connectivity index (χ1n) is 13.5. The number of anilines is 1. The normalized spacial score (nSPS) is 13.6. The summed E-state index contributed by atoms with van der Waals surface area (Å²) in [5.41, 5.74) is 3.38. The van der Waals surface area contributed by atoms with Crippen LogP contribution < -0.4 is 19.5 Å². The summed E-state index contributed by atoms with van der Waals surface area (Å²) in [6, 6.07) is 21.8. The Hall–Kier alpha value is -5.18. The highest BCUT2D eigenvalue weighted by atomic mass is 16.6. The average Bonchev–Trinajstić information content (AvgIpc) is 3.61. The molecule has 0 aliphatic carbocycles. The highest BCUT2D eigenvalue weighted by Gasteiger charge is 2.28. The van der Waals surface area contributed by atoms with E-state index < -0.39 is 0 Å². The van der Waals surface area contributed by atoms with Gasteiger partial charge in [0.2, 0.25) is 5.78 Å². The number of ketones is 1. The first-order valence-corrected chi connectivity index (χ1v) is 13.5. The van der Waals surface area contributed by atoms with E-state index in [9.17, 15) is 9.59 Å². The van der Waals surface area contributed by atoms with Gasteiger partial charge in [-0.1, -0.05) is 18.2 Å².